The Balaban J connectivity index is 1.61. The second kappa shape index (κ2) is 10.4. The van der Waals surface area contributed by atoms with Crippen molar-refractivity contribution < 1.29 is 23.4 Å². The molecule has 1 aromatic rings. The maximum Gasteiger partial charge on any atom is 0.338 e. The normalized spacial score (nSPS) is 20.8. The molecule has 1 heterocycles. The van der Waals surface area contributed by atoms with Gasteiger partial charge in [-0.2, -0.15) is 0 Å². The monoisotopic (exact) mass is 407 g/mol. The van der Waals surface area contributed by atoms with Gasteiger partial charge >= 0.3 is 5.97 Å². The Bertz CT molecular complexity index is 671. The quantitative estimate of drug-likeness (QED) is 0.596. The van der Waals surface area contributed by atoms with Crippen LogP contribution in [0.4, 0.5) is 4.39 Å². The minimum absolute atomic E-state index is 0.141. The van der Waals surface area contributed by atoms with Crippen LogP contribution in [-0.4, -0.2) is 55.9 Å². The van der Waals surface area contributed by atoms with E-state index >= 15 is 0 Å². The van der Waals surface area contributed by atoms with E-state index in [2.05, 4.69) is 18.7 Å². The molecule has 0 radical (unpaired) electrons. The van der Waals surface area contributed by atoms with Crippen LogP contribution >= 0.6 is 0 Å². The van der Waals surface area contributed by atoms with Crippen molar-refractivity contribution in [3.05, 3.63) is 29.6 Å². The predicted molar refractivity (Wildman–Crippen MR) is 110 cm³/mol. The maximum atomic E-state index is 14.5. The molecule has 3 rings (SSSR count). The van der Waals surface area contributed by atoms with Gasteiger partial charge in [-0.05, 0) is 50.3 Å². The van der Waals surface area contributed by atoms with Crippen molar-refractivity contribution in [3.8, 4) is 5.75 Å². The Kier molecular flexibility index (Phi) is 7.90. The van der Waals surface area contributed by atoms with Crippen molar-refractivity contribution >= 4 is 5.97 Å². The average molecular weight is 408 g/mol. The summed E-state index contributed by atoms with van der Waals surface area (Å²) < 4.78 is 31.4. The minimum Gasteiger partial charge on any atom is -0.484 e. The molecule has 29 heavy (non-hydrogen) atoms. The highest BCUT2D eigenvalue weighted by atomic mass is 19.1. The molecule has 1 atom stereocenters. The highest BCUT2D eigenvalue weighted by molar-refractivity contribution is 5.89. The zero-order valence-electron chi connectivity index (χ0n) is 17.8. The van der Waals surface area contributed by atoms with Crippen LogP contribution in [0, 0.1) is 11.7 Å². The van der Waals surface area contributed by atoms with Gasteiger partial charge < -0.3 is 14.2 Å². The summed E-state index contributed by atoms with van der Waals surface area (Å²) in [5.74, 6) is -0.336. The van der Waals surface area contributed by atoms with Crippen molar-refractivity contribution in [2.45, 2.75) is 58.0 Å². The van der Waals surface area contributed by atoms with Crippen molar-refractivity contribution in [2.75, 3.05) is 39.5 Å². The van der Waals surface area contributed by atoms with Crippen LogP contribution in [0.25, 0.3) is 0 Å². The SMILES string of the molecule is CCC(C)(Oc1cc(C(=O)OCCN2CCOCC2)ccc1F)C1CCCCC1. The number of carbonyl (C=O) groups is 1. The zero-order chi connectivity index (χ0) is 20.7. The number of esters is 1. The maximum absolute atomic E-state index is 14.5. The number of rotatable bonds is 8. The fourth-order valence-electron chi connectivity index (χ4n) is 4.29. The summed E-state index contributed by atoms with van der Waals surface area (Å²) in [6, 6.07) is 4.25. The Morgan fingerprint density at radius 3 is 2.66 bits per heavy atom. The van der Waals surface area contributed by atoms with E-state index in [9.17, 15) is 9.18 Å². The van der Waals surface area contributed by atoms with Gasteiger partial charge in [-0.3, -0.25) is 4.90 Å². The van der Waals surface area contributed by atoms with E-state index in [0.717, 1.165) is 32.4 Å². The summed E-state index contributed by atoms with van der Waals surface area (Å²) in [5.41, 5.74) is -0.106. The Morgan fingerprint density at radius 1 is 1.24 bits per heavy atom. The van der Waals surface area contributed by atoms with E-state index in [1.54, 1.807) is 0 Å². The molecule has 1 aliphatic heterocycles. The van der Waals surface area contributed by atoms with Crippen LogP contribution in [0.15, 0.2) is 18.2 Å². The van der Waals surface area contributed by atoms with Gasteiger partial charge in [0.25, 0.3) is 0 Å². The number of carbonyl (C=O) groups excluding carboxylic acids is 1. The van der Waals surface area contributed by atoms with Gasteiger partial charge in [0, 0.05) is 19.6 Å². The Morgan fingerprint density at radius 2 is 1.97 bits per heavy atom. The minimum atomic E-state index is -0.445. The van der Waals surface area contributed by atoms with E-state index in [1.165, 1.54) is 37.5 Å². The first-order valence-electron chi connectivity index (χ1n) is 11.0. The molecule has 0 bridgehead atoms. The first-order chi connectivity index (χ1) is 14.0. The molecule has 0 aromatic heterocycles. The van der Waals surface area contributed by atoms with Gasteiger partial charge in [-0.15, -0.1) is 0 Å². The molecule has 6 heteroatoms. The molecule has 2 fully saturated rings. The molecule has 5 nitrogen and oxygen atoms in total. The lowest BCUT2D eigenvalue weighted by atomic mass is 9.76. The van der Waals surface area contributed by atoms with E-state index in [4.69, 9.17) is 14.2 Å². The topological polar surface area (TPSA) is 48.0 Å². The van der Waals surface area contributed by atoms with Gasteiger partial charge in [-0.1, -0.05) is 26.2 Å². The second-order valence-corrected chi connectivity index (χ2v) is 8.34. The lowest BCUT2D eigenvalue weighted by Gasteiger charge is -2.39. The van der Waals surface area contributed by atoms with E-state index < -0.39 is 17.4 Å². The van der Waals surface area contributed by atoms with Crippen molar-refractivity contribution in [1.29, 1.82) is 0 Å². The van der Waals surface area contributed by atoms with E-state index in [0.29, 0.717) is 37.8 Å². The lowest BCUT2D eigenvalue weighted by molar-refractivity contribution is 0.00146. The smallest absolute Gasteiger partial charge is 0.338 e. The summed E-state index contributed by atoms with van der Waals surface area (Å²) in [5, 5.41) is 0. The molecule has 1 saturated heterocycles. The fraction of sp³-hybridized carbons (Fsp3) is 0.696. The van der Waals surface area contributed by atoms with Crippen LogP contribution in [0.5, 0.6) is 5.75 Å². The summed E-state index contributed by atoms with van der Waals surface area (Å²) in [7, 11) is 0. The van der Waals surface area contributed by atoms with Crippen LogP contribution in [0.3, 0.4) is 0 Å². The van der Waals surface area contributed by atoms with Crippen LogP contribution < -0.4 is 4.74 Å². The molecular weight excluding hydrogens is 373 g/mol. The molecule has 1 aromatic carbocycles. The third-order valence-electron chi connectivity index (χ3n) is 6.43. The van der Waals surface area contributed by atoms with Gasteiger partial charge in [-0.25, -0.2) is 9.18 Å². The largest absolute Gasteiger partial charge is 0.484 e. The third-order valence-corrected chi connectivity index (χ3v) is 6.43. The first-order valence-corrected chi connectivity index (χ1v) is 11.0. The number of hydrogen-bond acceptors (Lipinski definition) is 5. The standard InChI is InChI=1S/C23H34FNO4/c1-3-23(2,19-7-5-4-6-8-19)29-21-17-18(9-10-20(21)24)22(26)28-16-13-25-11-14-27-15-12-25/h9-10,17,19H,3-8,11-16H2,1-2H3. The van der Waals surface area contributed by atoms with Gasteiger partial charge in [0.05, 0.1) is 18.8 Å². The number of ether oxygens (including phenoxy) is 3. The van der Waals surface area contributed by atoms with Crippen LogP contribution in [0.2, 0.25) is 0 Å². The lowest BCUT2D eigenvalue weighted by Crippen LogP contribution is -2.41. The predicted octanol–water partition coefficient (Wildman–Crippen LogP) is 4.44. The van der Waals surface area contributed by atoms with Crippen LogP contribution in [-0.2, 0) is 9.47 Å². The molecule has 162 valence electrons. The van der Waals surface area contributed by atoms with E-state index in [1.807, 2.05) is 0 Å². The van der Waals surface area contributed by atoms with Crippen molar-refractivity contribution in [1.82, 2.24) is 4.90 Å². The average Bonchev–Trinajstić information content (AvgIpc) is 2.76. The molecule has 1 saturated carbocycles. The number of hydrogen-bond donors (Lipinski definition) is 0. The molecular formula is C23H34FNO4. The molecule has 2 aliphatic rings. The first kappa shape index (κ1) is 22.0. The number of nitrogens with zero attached hydrogens (tertiary/aromatic N) is 1. The Labute approximate surface area is 173 Å². The Hall–Kier alpha value is -1.66. The molecule has 1 unspecified atom stereocenters. The molecule has 0 amide bonds. The van der Waals surface area contributed by atoms with Gasteiger partial charge in [0.2, 0.25) is 0 Å². The molecule has 1 aliphatic carbocycles. The van der Waals surface area contributed by atoms with Gasteiger partial charge in [0.1, 0.15) is 12.2 Å². The van der Waals surface area contributed by atoms with E-state index in [-0.39, 0.29) is 5.75 Å². The highest BCUT2D eigenvalue weighted by Gasteiger charge is 2.36. The van der Waals surface area contributed by atoms with Crippen LogP contribution in [0.1, 0.15) is 62.7 Å². The van der Waals surface area contributed by atoms with Crippen molar-refractivity contribution in [3.63, 3.8) is 0 Å². The second-order valence-electron chi connectivity index (χ2n) is 8.34. The fourth-order valence-corrected chi connectivity index (χ4v) is 4.29. The zero-order valence-corrected chi connectivity index (χ0v) is 17.8. The summed E-state index contributed by atoms with van der Waals surface area (Å²) in [4.78, 5) is 14.6. The van der Waals surface area contributed by atoms with Crippen molar-refractivity contribution in [2.24, 2.45) is 5.92 Å². The third kappa shape index (κ3) is 5.92. The summed E-state index contributed by atoms with van der Waals surface area (Å²) in [6.07, 6.45) is 6.66. The van der Waals surface area contributed by atoms with Gasteiger partial charge in [0.15, 0.2) is 11.6 Å². The number of benzene rings is 1. The molecule has 0 N–H and O–H groups in total. The highest BCUT2D eigenvalue weighted by Crippen LogP contribution is 2.38. The summed E-state index contributed by atoms with van der Waals surface area (Å²) >= 11 is 0. The number of halogens is 1. The number of morpholine rings is 1. The molecule has 0 spiro atoms. The summed E-state index contributed by atoms with van der Waals surface area (Å²) in [6.45, 7) is 8.25.